The molecule has 124 valence electrons. The second-order valence-electron chi connectivity index (χ2n) is 5.52. The van der Waals surface area contributed by atoms with Crippen LogP contribution in [0.15, 0.2) is 34.3 Å². The van der Waals surface area contributed by atoms with Crippen LogP contribution in [0.4, 0.5) is 5.00 Å². The minimum Gasteiger partial charge on any atom is -0.467 e. The topological polar surface area (TPSA) is 89.0 Å². The highest BCUT2D eigenvalue weighted by molar-refractivity contribution is 7.13. The molecule has 8 heteroatoms. The molecule has 2 aromatic rings. The zero-order chi connectivity index (χ0) is 16.2. The third-order valence-corrected chi connectivity index (χ3v) is 4.85. The van der Waals surface area contributed by atoms with Gasteiger partial charge in [-0.05, 0) is 24.1 Å². The van der Waals surface area contributed by atoms with Crippen LogP contribution >= 0.6 is 11.3 Å². The summed E-state index contributed by atoms with van der Waals surface area (Å²) in [5, 5.41) is 23.0. The standard InChI is InChI=1S/C15H18N2O5S/c18-13(14-2-1-4-22-14)7-12-9-21-5-3-16(12)8-11-6-15(17(19)20)23-10-11/h1-2,4,6,10,12-13,18H,3,5,7-9H2. The fraction of sp³-hybridized carbons (Fsp3) is 0.467. The Hall–Kier alpha value is -1.74. The summed E-state index contributed by atoms with van der Waals surface area (Å²) in [7, 11) is 0. The molecule has 1 N–H and O–H groups in total. The number of nitrogens with zero attached hydrogens (tertiary/aromatic N) is 2. The highest BCUT2D eigenvalue weighted by atomic mass is 32.1. The minimum atomic E-state index is -0.684. The van der Waals surface area contributed by atoms with E-state index in [0.717, 1.165) is 23.4 Å². The molecule has 0 amide bonds. The number of thiophene rings is 1. The van der Waals surface area contributed by atoms with Crippen molar-refractivity contribution < 1.29 is 19.2 Å². The summed E-state index contributed by atoms with van der Waals surface area (Å²) in [5.74, 6) is 0.543. The van der Waals surface area contributed by atoms with Crippen LogP contribution in [0.5, 0.6) is 0 Å². The SMILES string of the molecule is O=[N+]([O-])c1cc(CN2CCOCC2CC(O)c2ccco2)cs1. The zero-order valence-electron chi connectivity index (χ0n) is 12.5. The monoisotopic (exact) mass is 338 g/mol. The fourth-order valence-corrected chi connectivity index (χ4v) is 3.47. The average Bonchev–Trinajstić information content (AvgIpc) is 3.20. The number of furan rings is 1. The highest BCUT2D eigenvalue weighted by Crippen LogP contribution is 2.27. The Morgan fingerprint density at radius 2 is 2.43 bits per heavy atom. The first-order valence-electron chi connectivity index (χ1n) is 7.38. The summed E-state index contributed by atoms with van der Waals surface area (Å²) in [5.41, 5.74) is 0.918. The third kappa shape index (κ3) is 3.97. The molecule has 23 heavy (non-hydrogen) atoms. The second-order valence-corrected chi connectivity index (χ2v) is 6.41. The number of ether oxygens (including phenoxy) is 1. The summed E-state index contributed by atoms with van der Waals surface area (Å²) in [6.07, 6.45) is 1.36. The van der Waals surface area contributed by atoms with Gasteiger partial charge in [-0.15, -0.1) is 0 Å². The van der Waals surface area contributed by atoms with Gasteiger partial charge in [0.25, 0.3) is 0 Å². The normalized spacial score (nSPS) is 20.5. The maximum atomic E-state index is 10.8. The van der Waals surface area contributed by atoms with Crippen molar-refractivity contribution in [2.24, 2.45) is 0 Å². The number of hydrogen-bond donors (Lipinski definition) is 1. The molecular weight excluding hydrogens is 320 g/mol. The van der Waals surface area contributed by atoms with E-state index in [1.165, 1.54) is 6.26 Å². The Labute approximate surface area is 137 Å². The largest absolute Gasteiger partial charge is 0.467 e. The molecule has 1 saturated heterocycles. The molecule has 0 radical (unpaired) electrons. The van der Waals surface area contributed by atoms with Gasteiger partial charge in [-0.3, -0.25) is 15.0 Å². The lowest BCUT2D eigenvalue weighted by Crippen LogP contribution is -2.45. The summed E-state index contributed by atoms with van der Waals surface area (Å²) in [4.78, 5) is 12.6. The van der Waals surface area contributed by atoms with Gasteiger partial charge in [0, 0.05) is 30.6 Å². The fourth-order valence-electron chi connectivity index (χ4n) is 2.75. The summed E-state index contributed by atoms with van der Waals surface area (Å²) >= 11 is 1.14. The third-order valence-electron chi connectivity index (χ3n) is 3.92. The molecule has 0 aromatic carbocycles. The molecule has 1 fully saturated rings. The lowest BCUT2D eigenvalue weighted by atomic mass is 10.0. The molecule has 1 aliphatic heterocycles. The average molecular weight is 338 g/mol. The molecule has 3 heterocycles. The summed E-state index contributed by atoms with van der Waals surface area (Å²) < 4.78 is 10.8. The van der Waals surface area contributed by atoms with E-state index in [0.29, 0.717) is 31.9 Å². The number of nitro groups is 1. The summed E-state index contributed by atoms with van der Waals surface area (Å²) in [6.45, 7) is 2.51. The van der Waals surface area contributed by atoms with Crippen molar-refractivity contribution in [1.82, 2.24) is 4.90 Å². The van der Waals surface area contributed by atoms with E-state index >= 15 is 0 Å². The van der Waals surface area contributed by atoms with Crippen molar-refractivity contribution in [2.45, 2.75) is 25.1 Å². The van der Waals surface area contributed by atoms with Crippen LogP contribution in [0.3, 0.4) is 0 Å². The van der Waals surface area contributed by atoms with Crippen LogP contribution in [0.2, 0.25) is 0 Å². The minimum absolute atomic E-state index is 0.0443. The second kappa shape index (κ2) is 7.22. The Bertz CT molecular complexity index is 642. The van der Waals surface area contributed by atoms with Crippen molar-refractivity contribution in [2.75, 3.05) is 19.8 Å². The number of morpholine rings is 1. The molecule has 2 atom stereocenters. The number of aliphatic hydroxyl groups excluding tert-OH is 1. The molecule has 2 unspecified atom stereocenters. The molecule has 3 rings (SSSR count). The van der Waals surface area contributed by atoms with Crippen LogP contribution in [-0.2, 0) is 11.3 Å². The Morgan fingerprint density at radius 1 is 1.57 bits per heavy atom. The lowest BCUT2D eigenvalue weighted by Gasteiger charge is -2.36. The quantitative estimate of drug-likeness (QED) is 0.643. The number of rotatable bonds is 6. The van der Waals surface area contributed by atoms with Crippen LogP contribution < -0.4 is 0 Å². The molecule has 7 nitrogen and oxygen atoms in total. The van der Waals surface area contributed by atoms with E-state index in [9.17, 15) is 15.2 Å². The van der Waals surface area contributed by atoms with E-state index in [2.05, 4.69) is 4.90 Å². The van der Waals surface area contributed by atoms with Gasteiger partial charge in [0.05, 0.1) is 24.4 Å². The molecule has 0 bridgehead atoms. The number of hydrogen-bond acceptors (Lipinski definition) is 7. The maximum absolute atomic E-state index is 10.8. The van der Waals surface area contributed by atoms with Crippen molar-refractivity contribution in [3.63, 3.8) is 0 Å². The van der Waals surface area contributed by atoms with Gasteiger partial charge in [0.2, 0.25) is 0 Å². The van der Waals surface area contributed by atoms with Crippen LogP contribution in [0, 0.1) is 10.1 Å². The highest BCUT2D eigenvalue weighted by Gasteiger charge is 2.27. The molecule has 1 aliphatic rings. The van der Waals surface area contributed by atoms with Gasteiger partial charge < -0.3 is 14.3 Å². The van der Waals surface area contributed by atoms with Crippen molar-refractivity contribution in [3.8, 4) is 0 Å². The maximum Gasteiger partial charge on any atom is 0.324 e. The Kier molecular flexibility index (Phi) is 5.06. The van der Waals surface area contributed by atoms with E-state index in [-0.39, 0.29) is 16.0 Å². The predicted molar refractivity (Wildman–Crippen MR) is 84.3 cm³/mol. The first-order chi connectivity index (χ1) is 11.1. The Morgan fingerprint density at radius 3 is 3.13 bits per heavy atom. The first kappa shape index (κ1) is 16.1. The van der Waals surface area contributed by atoms with E-state index in [1.54, 1.807) is 18.2 Å². The summed E-state index contributed by atoms with van der Waals surface area (Å²) in [6, 6.07) is 5.15. The van der Waals surface area contributed by atoms with E-state index in [1.807, 2.05) is 5.38 Å². The zero-order valence-corrected chi connectivity index (χ0v) is 13.3. The predicted octanol–water partition coefficient (Wildman–Crippen LogP) is 2.57. The molecule has 0 aliphatic carbocycles. The molecule has 0 saturated carbocycles. The van der Waals surface area contributed by atoms with E-state index in [4.69, 9.17) is 9.15 Å². The van der Waals surface area contributed by atoms with Crippen molar-refractivity contribution in [1.29, 1.82) is 0 Å². The van der Waals surface area contributed by atoms with Crippen LogP contribution in [-0.4, -0.2) is 40.7 Å². The van der Waals surface area contributed by atoms with Gasteiger partial charge in [0.15, 0.2) is 0 Å². The first-order valence-corrected chi connectivity index (χ1v) is 8.26. The lowest BCUT2D eigenvalue weighted by molar-refractivity contribution is -0.380. The van der Waals surface area contributed by atoms with E-state index < -0.39 is 6.10 Å². The molecular formula is C15H18N2O5S. The smallest absolute Gasteiger partial charge is 0.324 e. The van der Waals surface area contributed by atoms with Crippen molar-refractivity contribution in [3.05, 3.63) is 51.3 Å². The number of aliphatic hydroxyl groups is 1. The van der Waals surface area contributed by atoms with Crippen LogP contribution in [0.25, 0.3) is 0 Å². The Balaban J connectivity index is 1.64. The van der Waals surface area contributed by atoms with Crippen LogP contribution in [0.1, 0.15) is 23.8 Å². The molecule has 2 aromatic heterocycles. The van der Waals surface area contributed by atoms with Gasteiger partial charge >= 0.3 is 5.00 Å². The van der Waals surface area contributed by atoms with Gasteiger partial charge in [0.1, 0.15) is 11.9 Å². The van der Waals surface area contributed by atoms with Gasteiger partial charge in [-0.25, -0.2) is 0 Å². The molecule has 0 spiro atoms. The van der Waals surface area contributed by atoms with Gasteiger partial charge in [-0.2, -0.15) is 0 Å². The van der Waals surface area contributed by atoms with Gasteiger partial charge in [-0.1, -0.05) is 11.3 Å². The van der Waals surface area contributed by atoms with Crippen molar-refractivity contribution >= 4 is 16.3 Å².